The first-order valence-corrected chi connectivity index (χ1v) is 4.81. The van der Waals surface area contributed by atoms with Crippen molar-refractivity contribution in [2.75, 3.05) is 5.32 Å². The lowest BCUT2D eigenvalue weighted by atomic mass is 10.2. The molecule has 0 aliphatic heterocycles. The zero-order valence-corrected chi connectivity index (χ0v) is 8.68. The molecule has 1 heterocycles. The van der Waals surface area contributed by atoms with Crippen LogP contribution in [-0.4, -0.2) is 27.2 Å². The van der Waals surface area contributed by atoms with Crippen LogP contribution in [0.4, 0.5) is 5.69 Å². The Balaban J connectivity index is 2.09. The topological polar surface area (TPSA) is 95.1 Å². The molecular weight excluding hydrogens is 222 g/mol. The van der Waals surface area contributed by atoms with Gasteiger partial charge in [0.25, 0.3) is 5.91 Å². The molecule has 6 heteroatoms. The van der Waals surface area contributed by atoms with Crippen molar-refractivity contribution < 1.29 is 14.7 Å². The number of aromatic amines is 1. The molecule has 0 spiro atoms. The molecule has 0 saturated heterocycles. The largest absolute Gasteiger partial charge is 0.478 e. The van der Waals surface area contributed by atoms with Crippen molar-refractivity contribution in [1.82, 2.24) is 10.2 Å². The maximum Gasteiger partial charge on any atom is 0.335 e. The average molecular weight is 231 g/mol. The number of hydrogen-bond donors (Lipinski definition) is 3. The summed E-state index contributed by atoms with van der Waals surface area (Å²) in [5, 5.41) is 17.5. The molecule has 3 N–H and O–H groups in total. The number of amides is 1. The summed E-state index contributed by atoms with van der Waals surface area (Å²) in [4.78, 5) is 22.2. The molecule has 1 amide bonds. The van der Waals surface area contributed by atoms with Crippen LogP contribution in [0.2, 0.25) is 0 Å². The van der Waals surface area contributed by atoms with Gasteiger partial charge in [-0.15, -0.1) is 0 Å². The van der Waals surface area contributed by atoms with E-state index in [0.29, 0.717) is 11.4 Å². The van der Waals surface area contributed by atoms with Gasteiger partial charge >= 0.3 is 5.97 Å². The van der Waals surface area contributed by atoms with Crippen molar-refractivity contribution in [2.45, 2.75) is 0 Å². The first kappa shape index (κ1) is 10.9. The maximum absolute atomic E-state index is 11.6. The molecule has 2 aromatic rings. The summed E-state index contributed by atoms with van der Waals surface area (Å²) in [5.41, 5.74) is 1.03. The van der Waals surface area contributed by atoms with Gasteiger partial charge in [0, 0.05) is 11.9 Å². The van der Waals surface area contributed by atoms with E-state index in [2.05, 4.69) is 15.5 Å². The Hall–Kier alpha value is -2.63. The van der Waals surface area contributed by atoms with Gasteiger partial charge in [0.15, 0.2) is 0 Å². The Morgan fingerprint density at radius 3 is 2.41 bits per heavy atom. The van der Waals surface area contributed by atoms with Crippen LogP contribution in [0.1, 0.15) is 20.8 Å². The van der Waals surface area contributed by atoms with Crippen molar-refractivity contribution in [2.24, 2.45) is 0 Å². The molecule has 0 aliphatic carbocycles. The zero-order chi connectivity index (χ0) is 12.3. The minimum atomic E-state index is -1.00. The number of aromatic carboxylic acids is 1. The summed E-state index contributed by atoms with van der Waals surface area (Å²) >= 11 is 0. The molecule has 1 aromatic heterocycles. The lowest BCUT2D eigenvalue weighted by molar-refractivity contribution is 0.0696. The number of carboxylic acids is 1. The van der Waals surface area contributed by atoms with Gasteiger partial charge in [0.05, 0.1) is 5.56 Å². The summed E-state index contributed by atoms with van der Waals surface area (Å²) in [7, 11) is 0. The van der Waals surface area contributed by atoms with Crippen LogP contribution in [0.3, 0.4) is 0 Å². The SMILES string of the molecule is O=C(O)c1ccc(NC(=O)c2ccn[nH]2)cc1. The van der Waals surface area contributed by atoms with E-state index in [1.54, 1.807) is 6.07 Å². The van der Waals surface area contributed by atoms with E-state index in [4.69, 9.17) is 5.11 Å². The molecule has 0 fully saturated rings. The number of carbonyl (C=O) groups excluding carboxylic acids is 1. The van der Waals surface area contributed by atoms with E-state index < -0.39 is 5.97 Å². The summed E-state index contributed by atoms with van der Waals surface area (Å²) in [5.74, 6) is -1.33. The normalized spacial score (nSPS) is 9.88. The summed E-state index contributed by atoms with van der Waals surface area (Å²) in [6.45, 7) is 0. The van der Waals surface area contributed by atoms with Crippen LogP contribution in [-0.2, 0) is 0 Å². The number of carbonyl (C=O) groups is 2. The maximum atomic E-state index is 11.6. The van der Waals surface area contributed by atoms with E-state index in [1.165, 1.54) is 30.5 Å². The van der Waals surface area contributed by atoms with Gasteiger partial charge in [0.1, 0.15) is 5.69 Å². The van der Waals surface area contributed by atoms with Crippen LogP contribution in [0.25, 0.3) is 0 Å². The Morgan fingerprint density at radius 1 is 1.18 bits per heavy atom. The van der Waals surface area contributed by atoms with Crippen molar-refractivity contribution in [3.63, 3.8) is 0 Å². The van der Waals surface area contributed by atoms with Crippen LogP contribution >= 0.6 is 0 Å². The number of nitrogens with one attached hydrogen (secondary N) is 2. The summed E-state index contributed by atoms with van der Waals surface area (Å²) in [6.07, 6.45) is 1.47. The molecule has 0 unspecified atom stereocenters. The Labute approximate surface area is 96.3 Å². The fourth-order valence-electron chi connectivity index (χ4n) is 1.28. The van der Waals surface area contributed by atoms with Crippen LogP contribution in [0.15, 0.2) is 36.5 Å². The molecule has 86 valence electrons. The number of rotatable bonds is 3. The van der Waals surface area contributed by atoms with Gasteiger partial charge in [-0.1, -0.05) is 0 Å². The number of nitrogens with zero attached hydrogens (tertiary/aromatic N) is 1. The Bertz CT molecular complexity index is 532. The van der Waals surface area contributed by atoms with E-state index in [1.807, 2.05) is 0 Å². The van der Waals surface area contributed by atoms with Gasteiger partial charge in [-0.25, -0.2) is 4.79 Å². The van der Waals surface area contributed by atoms with Crippen molar-refractivity contribution in [3.05, 3.63) is 47.8 Å². The lowest BCUT2D eigenvalue weighted by Crippen LogP contribution is -2.12. The third-order valence-corrected chi connectivity index (χ3v) is 2.14. The fraction of sp³-hybridized carbons (Fsp3) is 0. The van der Waals surface area contributed by atoms with Crippen molar-refractivity contribution >= 4 is 17.6 Å². The molecule has 0 bridgehead atoms. The lowest BCUT2D eigenvalue weighted by Gasteiger charge is -2.03. The number of hydrogen-bond acceptors (Lipinski definition) is 3. The van der Waals surface area contributed by atoms with E-state index in [9.17, 15) is 9.59 Å². The van der Waals surface area contributed by atoms with Crippen LogP contribution in [0, 0.1) is 0 Å². The molecule has 17 heavy (non-hydrogen) atoms. The minimum absolute atomic E-state index is 0.171. The van der Waals surface area contributed by atoms with Crippen molar-refractivity contribution in [3.8, 4) is 0 Å². The third-order valence-electron chi connectivity index (χ3n) is 2.14. The quantitative estimate of drug-likeness (QED) is 0.743. The highest BCUT2D eigenvalue weighted by molar-refractivity contribution is 6.03. The second-order valence-electron chi connectivity index (χ2n) is 3.31. The molecule has 6 nitrogen and oxygen atoms in total. The predicted octanol–water partition coefficient (Wildman–Crippen LogP) is 1.36. The Morgan fingerprint density at radius 2 is 1.88 bits per heavy atom. The van der Waals surface area contributed by atoms with Gasteiger partial charge in [-0.3, -0.25) is 9.89 Å². The number of benzene rings is 1. The predicted molar refractivity (Wildman–Crippen MR) is 59.9 cm³/mol. The standard InChI is InChI=1S/C11H9N3O3/c15-10(9-5-6-12-14-9)13-8-3-1-7(2-4-8)11(16)17/h1-6H,(H,12,14)(H,13,15)(H,16,17). The molecule has 0 atom stereocenters. The molecule has 0 saturated carbocycles. The third kappa shape index (κ3) is 2.49. The monoisotopic (exact) mass is 231 g/mol. The molecular formula is C11H9N3O3. The molecule has 1 aromatic carbocycles. The Kier molecular flexibility index (Phi) is 2.87. The van der Waals surface area contributed by atoms with Gasteiger partial charge in [-0.05, 0) is 30.3 Å². The summed E-state index contributed by atoms with van der Waals surface area (Å²) in [6, 6.07) is 7.44. The highest BCUT2D eigenvalue weighted by Crippen LogP contribution is 2.10. The number of H-pyrrole nitrogens is 1. The smallest absolute Gasteiger partial charge is 0.335 e. The van der Waals surface area contributed by atoms with Crippen molar-refractivity contribution in [1.29, 1.82) is 0 Å². The first-order chi connectivity index (χ1) is 8.16. The second kappa shape index (κ2) is 4.48. The van der Waals surface area contributed by atoms with Gasteiger partial charge in [0.2, 0.25) is 0 Å². The molecule has 0 radical (unpaired) electrons. The van der Waals surface area contributed by atoms with Gasteiger partial charge < -0.3 is 10.4 Å². The second-order valence-corrected chi connectivity index (χ2v) is 3.31. The number of anilines is 1. The highest BCUT2D eigenvalue weighted by atomic mass is 16.4. The summed E-state index contributed by atoms with van der Waals surface area (Å²) < 4.78 is 0. The zero-order valence-electron chi connectivity index (χ0n) is 8.68. The number of aromatic nitrogens is 2. The van der Waals surface area contributed by atoms with Gasteiger partial charge in [-0.2, -0.15) is 5.10 Å². The van der Waals surface area contributed by atoms with E-state index in [0.717, 1.165) is 0 Å². The van der Waals surface area contributed by atoms with Crippen LogP contribution in [0.5, 0.6) is 0 Å². The minimum Gasteiger partial charge on any atom is -0.478 e. The average Bonchev–Trinajstić information content (AvgIpc) is 2.83. The number of carboxylic acid groups (broad SMARTS) is 1. The molecule has 2 rings (SSSR count). The fourth-order valence-corrected chi connectivity index (χ4v) is 1.28. The van der Waals surface area contributed by atoms with Crippen LogP contribution < -0.4 is 5.32 Å². The van der Waals surface area contributed by atoms with E-state index in [-0.39, 0.29) is 11.5 Å². The molecule has 0 aliphatic rings. The highest BCUT2D eigenvalue weighted by Gasteiger charge is 2.07. The van der Waals surface area contributed by atoms with E-state index >= 15 is 0 Å². The first-order valence-electron chi connectivity index (χ1n) is 4.81.